The summed E-state index contributed by atoms with van der Waals surface area (Å²) in [7, 11) is 0. The van der Waals surface area contributed by atoms with Crippen LogP contribution in [0, 0.1) is 0 Å². The lowest BCUT2D eigenvalue weighted by Gasteiger charge is -2.40. The lowest BCUT2D eigenvalue weighted by Crippen LogP contribution is -2.44. The van der Waals surface area contributed by atoms with Crippen LogP contribution in [0.15, 0.2) is 30.3 Å². The minimum absolute atomic E-state index is 0.502. The Hall–Kier alpha value is -0.860. The van der Waals surface area contributed by atoms with Crippen molar-refractivity contribution in [3.8, 4) is 0 Å². The molecule has 1 N–H and O–H groups in total. The van der Waals surface area contributed by atoms with Crippen molar-refractivity contribution in [2.45, 2.75) is 71.0 Å². The van der Waals surface area contributed by atoms with E-state index < -0.39 is 0 Å². The van der Waals surface area contributed by atoms with E-state index in [0.29, 0.717) is 12.1 Å². The molecule has 118 valence electrons. The van der Waals surface area contributed by atoms with Gasteiger partial charge in [-0.2, -0.15) is 0 Å². The molecular weight excluding hydrogens is 256 g/mol. The van der Waals surface area contributed by atoms with E-state index in [9.17, 15) is 0 Å². The van der Waals surface area contributed by atoms with Gasteiger partial charge in [-0.15, -0.1) is 0 Å². The predicted molar refractivity (Wildman–Crippen MR) is 91.6 cm³/mol. The van der Waals surface area contributed by atoms with E-state index in [1.165, 1.54) is 37.7 Å². The van der Waals surface area contributed by atoms with Crippen LogP contribution < -0.4 is 5.32 Å². The molecule has 0 spiro atoms. The summed E-state index contributed by atoms with van der Waals surface area (Å²) in [5.74, 6) is 0. The molecule has 0 heterocycles. The van der Waals surface area contributed by atoms with Crippen LogP contribution in [0.3, 0.4) is 0 Å². The maximum atomic E-state index is 3.66. The molecule has 1 fully saturated rings. The van der Waals surface area contributed by atoms with E-state index in [2.05, 4.69) is 61.3 Å². The lowest BCUT2D eigenvalue weighted by atomic mass is 9.91. The third-order valence-corrected chi connectivity index (χ3v) is 4.71. The first-order chi connectivity index (χ1) is 10.2. The van der Waals surface area contributed by atoms with E-state index in [4.69, 9.17) is 0 Å². The SMILES string of the molecule is CCN(C1CCCCC1)C(CNC(C)C)c1ccccc1. The second-order valence-electron chi connectivity index (χ2n) is 6.61. The van der Waals surface area contributed by atoms with Crippen molar-refractivity contribution in [2.24, 2.45) is 0 Å². The lowest BCUT2D eigenvalue weighted by molar-refractivity contribution is 0.107. The summed E-state index contributed by atoms with van der Waals surface area (Å²) < 4.78 is 0. The summed E-state index contributed by atoms with van der Waals surface area (Å²) in [6, 6.07) is 12.9. The fraction of sp³-hybridized carbons (Fsp3) is 0.684. The largest absolute Gasteiger partial charge is 0.313 e. The molecule has 1 saturated carbocycles. The molecule has 1 aliphatic carbocycles. The molecule has 2 rings (SSSR count). The minimum Gasteiger partial charge on any atom is -0.313 e. The molecule has 2 nitrogen and oxygen atoms in total. The van der Waals surface area contributed by atoms with Crippen LogP contribution in [0.25, 0.3) is 0 Å². The van der Waals surface area contributed by atoms with Crippen molar-refractivity contribution >= 4 is 0 Å². The second kappa shape index (κ2) is 8.55. The molecule has 0 radical (unpaired) electrons. The first kappa shape index (κ1) is 16.5. The van der Waals surface area contributed by atoms with Crippen LogP contribution in [-0.4, -0.2) is 30.1 Å². The Morgan fingerprint density at radius 2 is 1.76 bits per heavy atom. The number of hydrogen-bond acceptors (Lipinski definition) is 2. The number of likely N-dealkylation sites (N-methyl/N-ethyl adjacent to an activating group) is 1. The average molecular weight is 288 g/mol. The second-order valence-corrected chi connectivity index (χ2v) is 6.61. The molecule has 1 aromatic rings. The molecule has 1 aromatic carbocycles. The molecule has 0 saturated heterocycles. The highest BCUT2D eigenvalue weighted by Crippen LogP contribution is 2.29. The highest BCUT2D eigenvalue weighted by molar-refractivity contribution is 5.20. The fourth-order valence-corrected chi connectivity index (χ4v) is 3.59. The normalized spacial score (nSPS) is 18.3. The maximum Gasteiger partial charge on any atom is 0.0475 e. The molecule has 1 atom stereocenters. The van der Waals surface area contributed by atoms with E-state index in [1.54, 1.807) is 0 Å². The minimum atomic E-state index is 0.502. The zero-order chi connectivity index (χ0) is 15.1. The van der Waals surface area contributed by atoms with Gasteiger partial charge in [0.15, 0.2) is 0 Å². The van der Waals surface area contributed by atoms with Gasteiger partial charge in [0, 0.05) is 24.7 Å². The number of hydrogen-bond donors (Lipinski definition) is 1. The van der Waals surface area contributed by atoms with Crippen molar-refractivity contribution < 1.29 is 0 Å². The van der Waals surface area contributed by atoms with Crippen LogP contribution >= 0.6 is 0 Å². The number of nitrogens with zero attached hydrogens (tertiary/aromatic N) is 1. The van der Waals surface area contributed by atoms with Gasteiger partial charge in [0.1, 0.15) is 0 Å². The van der Waals surface area contributed by atoms with E-state index in [-0.39, 0.29) is 0 Å². The van der Waals surface area contributed by atoms with Crippen molar-refractivity contribution in [2.75, 3.05) is 13.1 Å². The van der Waals surface area contributed by atoms with Crippen LogP contribution in [0.2, 0.25) is 0 Å². The molecule has 1 aliphatic rings. The Balaban J connectivity index is 2.15. The Morgan fingerprint density at radius 3 is 2.33 bits per heavy atom. The Labute approximate surface area is 130 Å². The van der Waals surface area contributed by atoms with Crippen LogP contribution in [0.4, 0.5) is 0 Å². The van der Waals surface area contributed by atoms with Crippen LogP contribution in [0.1, 0.15) is 64.5 Å². The van der Waals surface area contributed by atoms with Gasteiger partial charge in [0.05, 0.1) is 0 Å². The van der Waals surface area contributed by atoms with Gasteiger partial charge >= 0.3 is 0 Å². The van der Waals surface area contributed by atoms with Crippen molar-refractivity contribution in [1.82, 2.24) is 10.2 Å². The van der Waals surface area contributed by atoms with Gasteiger partial charge < -0.3 is 5.32 Å². The topological polar surface area (TPSA) is 15.3 Å². The Morgan fingerprint density at radius 1 is 1.10 bits per heavy atom. The van der Waals surface area contributed by atoms with Crippen molar-refractivity contribution in [1.29, 1.82) is 0 Å². The van der Waals surface area contributed by atoms with E-state index in [0.717, 1.165) is 19.1 Å². The number of benzene rings is 1. The zero-order valence-corrected chi connectivity index (χ0v) is 14.0. The summed E-state index contributed by atoms with van der Waals surface area (Å²) in [6.07, 6.45) is 6.98. The van der Waals surface area contributed by atoms with Crippen molar-refractivity contribution in [3.63, 3.8) is 0 Å². The van der Waals surface area contributed by atoms with Gasteiger partial charge in [-0.25, -0.2) is 0 Å². The molecular formula is C19H32N2. The zero-order valence-electron chi connectivity index (χ0n) is 14.0. The Bertz CT molecular complexity index is 382. The molecule has 2 heteroatoms. The summed E-state index contributed by atoms with van der Waals surface area (Å²) in [5, 5.41) is 3.66. The van der Waals surface area contributed by atoms with E-state index in [1.807, 2.05) is 0 Å². The third-order valence-electron chi connectivity index (χ3n) is 4.71. The quantitative estimate of drug-likeness (QED) is 0.801. The maximum absolute atomic E-state index is 3.66. The highest BCUT2D eigenvalue weighted by Gasteiger charge is 2.27. The van der Waals surface area contributed by atoms with Gasteiger partial charge in [-0.3, -0.25) is 4.90 Å². The van der Waals surface area contributed by atoms with Crippen LogP contribution in [0.5, 0.6) is 0 Å². The standard InChI is InChI=1S/C19H32N2/c1-4-21(18-13-9-6-10-14-18)19(15-20-16(2)3)17-11-7-5-8-12-17/h5,7-8,11-12,16,18-20H,4,6,9-10,13-15H2,1-3H3. The van der Waals surface area contributed by atoms with Crippen molar-refractivity contribution in [3.05, 3.63) is 35.9 Å². The fourth-order valence-electron chi connectivity index (χ4n) is 3.59. The molecule has 21 heavy (non-hydrogen) atoms. The van der Waals surface area contributed by atoms with E-state index >= 15 is 0 Å². The predicted octanol–water partition coefficient (Wildman–Crippen LogP) is 4.38. The molecule has 0 bridgehead atoms. The first-order valence-electron chi connectivity index (χ1n) is 8.76. The summed E-state index contributed by atoms with van der Waals surface area (Å²) in [6.45, 7) is 8.98. The number of rotatable bonds is 7. The summed E-state index contributed by atoms with van der Waals surface area (Å²) in [4.78, 5) is 2.74. The summed E-state index contributed by atoms with van der Waals surface area (Å²) >= 11 is 0. The molecule has 1 unspecified atom stereocenters. The highest BCUT2D eigenvalue weighted by atomic mass is 15.2. The van der Waals surface area contributed by atoms with Gasteiger partial charge in [0.2, 0.25) is 0 Å². The molecule has 0 amide bonds. The smallest absolute Gasteiger partial charge is 0.0475 e. The average Bonchev–Trinajstić information content (AvgIpc) is 2.53. The first-order valence-corrected chi connectivity index (χ1v) is 8.76. The van der Waals surface area contributed by atoms with Gasteiger partial charge in [0.25, 0.3) is 0 Å². The Kier molecular flexibility index (Phi) is 6.72. The molecule has 0 aromatic heterocycles. The van der Waals surface area contributed by atoms with Crippen LogP contribution in [-0.2, 0) is 0 Å². The third kappa shape index (κ3) is 4.82. The monoisotopic (exact) mass is 288 g/mol. The van der Waals surface area contributed by atoms with Gasteiger partial charge in [-0.05, 0) is 24.9 Å². The summed E-state index contributed by atoms with van der Waals surface area (Å²) in [5.41, 5.74) is 1.46. The van der Waals surface area contributed by atoms with Gasteiger partial charge in [-0.1, -0.05) is 70.4 Å². The molecule has 0 aliphatic heterocycles. The number of nitrogens with one attached hydrogen (secondary N) is 1.